The number of carbonyl (C=O) groups excluding carboxylic acids is 1. The summed E-state index contributed by atoms with van der Waals surface area (Å²) in [6.45, 7) is 1.88. The second kappa shape index (κ2) is 5.39. The number of H-pyrrole nitrogens is 1. The van der Waals surface area contributed by atoms with Gasteiger partial charge >= 0.3 is 0 Å². The quantitative estimate of drug-likeness (QED) is 0.883. The maximum absolute atomic E-state index is 11.9. The molecule has 2 rings (SSSR count). The number of hydrogen-bond acceptors (Lipinski definition) is 3. The minimum atomic E-state index is -0.439. The van der Waals surface area contributed by atoms with Gasteiger partial charge in [0.1, 0.15) is 11.3 Å². The van der Waals surface area contributed by atoms with Crippen LogP contribution in [0.25, 0.3) is 0 Å². The van der Waals surface area contributed by atoms with Crippen molar-refractivity contribution in [1.29, 1.82) is 0 Å². The van der Waals surface area contributed by atoms with E-state index in [-0.39, 0.29) is 5.56 Å². The van der Waals surface area contributed by atoms with Crippen LogP contribution in [0, 0.1) is 6.92 Å². The highest BCUT2D eigenvalue weighted by Gasteiger charge is 2.10. The molecule has 0 atom stereocenters. The van der Waals surface area contributed by atoms with Crippen molar-refractivity contribution < 1.29 is 9.53 Å². The van der Waals surface area contributed by atoms with Gasteiger partial charge in [0.2, 0.25) is 0 Å². The maximum atomic E-state index is 11.9. The number of pyridine rings is 1. The first-order chi connectivity index (χ1) is 9.11. The Morgan fingerprint density at radius 1 is 1.32 bits per heavy atom. The molecule has 5 nitrogen and oxygen atoms in total. The van der Waals surface area contributed by atoms with Crippen LogP contribution < -0.4 is 15.6 Å². The van der Waals surface area contributed by atoms with Crippen LogP contribution in [0.5, 0.6) is 5.75 Å². The van der Waals surface area contributed by atoms with Crippen molar-refractivity contribution in [3.63, 3.8) is 0 Å². The molecule has 0 unspecified atom stereocenters. The number of rotatable bonds is 3. The molecule has 1 aromatic heterocycles. The summed E-state index contributed by atoms with van der Waals surface area (Å²) >= 11 is 0. The molecule has 19 heavy (non-hydrogen) atoms. The Balaban J connectivity index is 2.22. The number of anilines is 1. The number of ether oxygens (including phenoxy) is 1. The molecule has 0 spiro atoms. The van der Waals surface area contributed by atoms with Crippen LogP contribution in [0.2, 0.25) is 0 Å². The second-order valence-electron chi connectivity index (χ2n) is 4.05. The maximum Gasteiger partial charge on any atom is 0.261 e. The van der Waals surface area contributed by atoms with Crippen LogP contribution in [0.3, 0.4) is 0 Å². The molecule has 0 saturated heterocycles. The lowest BCUT2D eigenvalue weighted by molar-refractivity contribution is 0.102. The third-order valence-electron chi connectivity index (χ3n) is 2.72. The zero-order valence-corrected chi connectivity index (χ0v) is 10.7. The number of benzene rings is 1. The molecule has 0 aliphatic carbocycles. The molecule has 0 radical (unpaired) electrons. The van der Waals surface area contributed by atoms with Crippen LogP contribution in [0.1, 0.15) is 15.9 Å². The van der Waals surface area contributed by atoms with Crippen molar-refractivity contribution in [3.8, 4) is 5.75 Å². The lowest BCUT2D eigenvalue weighted by Gasteiger charge is -2.08. The Morgan fingerprint density at radius 3 is 2.74 bits per heavy atom. The first-order valence-corrected chi connectivity index (χ1v) is 5.75. The average molecular weight is 258 g/mol. The molecule has 0 aliphatic heterocycles. The highest BCUT2D eigenvalue weighted by atomic mass is 16.5. The summed E-state index contributed by atoms with van der Waals surface area (Å²) in [5.41, 5.74) is 1.19. The van der Waals surface area contributed by atoms with Crippen LogP contribution in [0.15, 0.2) is 41.3 Å². The summed E-state index contributed by atoms with van der Waals surface area (Å²) in [5.74, 6) is 0.307. The summed E-state index contributed by atoms with van der Waals surface area (Å²) < 4.78 is 5.14. The van der Waals surface area contributed by atoms with E-state index in [0.717, 1.165) is 11.3 Å². The Kier molecular flexibility index (Phi) is 3.66. The summed E-state index contributed by atoms with van der Waals surface area (Å²) in [4.78, 5) is 25.9. The molecule has 2 aromatic rings. The van der Waals surface area contributed by atoms with E-state index < -0.39 is 11.5 Å². The number of nitrogens with one attached hydrogen (secondary N) is 2. The highest BCUT2D eigenvalue weighted by Crippen LogP contribution is 2.21. The number of aromatic nitrogens is 1. The summed E-state index contributed by atoms with van der Waals surface area (Å²) in [5, 5.41) is 2.68. The van der Waals surface area contributed by atoms with Crippen molar-refractivity contribution in [2.75, 3.05) is 12.4 Å². The van der Waals surface area contributed by atoms with Crippen LogP contribution in [0.4, 0.5) is 5.69 Å². The second-order valence-corrected chi connectivity index (χ2v) is 4.05. The lowest BCUT2D eigenvalue weighted by atomic mass is 10.2. The van der Waals surface area contributed by atoms with E-state index in [1.54, 1.807) is 31.4 Å². The molecule has 1 aromatic carbocycles. The van der Waals surface area contributed by atoms with Gasteiger partial charge in [0, 0.05) is 11.9 Å². The van der Waals surface area contributed by atoms with E-state index in [1.165, 1.54) is 12.3 Å². The fraction of sp³-hybridized carbons (Fsp3) is 0.143. The number of methoxy groups -OCH3 is 1. The summed E-state index contributed by atoms with van der Waals surface area (Å²) in [7, 11) is 1.59. The Bertz CT molecular complexity index is 662. The lowest BCUT2D eigenvalue weighted by Crippen LogP contribution is -2.22. The smallest absolute Gasteiger partial charge is 0.261 e. The van der Waals surface area contributed by atoms with Gasteiger partial charge < -0.3 is 15.0 Å². The fourth-order valence-corrected chi connectivity index (χ4v) is 1.75. The number of hydrogen-bond donors (Lipinski definition) is 2. The predicted octanol–water partition coefficient (Wildman–Crippen LogP) is 1.94. The molecule has 0 bridgehead atoms. The fourth-order valence-electron chi connectivity index (χ4n) is 1.75. The van der Waals surface area contributed by atoms with Gasteiger partial charge in [-0.15, -0.1) is 0 Å². The molecule has 0 fully saturated rings. The Labute approximate surface area is 110 Å². The standard InChI is InChI=1S/C14H14N2O3/c1-9-8-10(5-6-12(9)19-2)16-14(18)11-4-3-7-15-13(11)17/h3-8H,1-2H3,(H,15,17)(H,16,18). The topological polar surface area (TPSA) is 71.2 Å². The van der Waals surface area contributed by atoms with E-state index in [1.807, 2.05) is 6.92 Å². The monoisotopic (exact) mass is 258 g/mol. The normalized spacial score (nSPS) is 10.0. The molecule has 1 amide bonds. The minimum Gasteiger partial charge on any atom is -0.496 e. The molecule has 0 saturated carbocycles. The average Bonchev–Trinajstić information content (AvgIpc) is 2.39. The number of aromatic amines is 1. The van der Waals surface area contributed by atoms with E-state index >= 15 is 0 Å². The SMILES string of the molecule is COc1ccc(NC(=O)c2ccc[nH]c2=O)cc1C. The van der Waals surface area contributed by atoms with Crippen molar-refractivity contribution in [2.24, 2.45) is 0 Å². The number of amides is 1. The molecule has 98 valence electrons. The largest absolute Gasteiger partial charge is 0.496 e. The van der Waals surface area contributed by atoms with Gasteiger partial charge in [0.15, 0.2) is 0 Å². The van der Waals surface area contributed by atoms with Gasteiger partial charge in [0.25, 0.3) is 11.5 Å². The minimum absolute atomic E-state index is 0.0796. The van der Waals surface area contributed by atoms with Crippen LogP contribution in [-0.2, 0) is 0 Å². The number of aryl methyl sites for hydroxylation is 1. The van der Waals surface area contributed by atoms with E-state index in [4.69, 9.17) is 4.74 Å². The van der Waals surface area contributed by atoms with Crippen molar-refractivity contribution >= 4 is 11.6 Å². The van der Waals surface area contributed by atoms with Crippen molar-refractivity contribution in [1.82, 2.24) is 4.98 Å². The van der Waals surface area contributed by atoms with Gasteiger partial charge in [-0.2, -0.15) is 0 Å². The van der Waals surface area contributed by atoms with E-state index in [0.29, 0.717) is 5.69 Å². The third kappa shape index (κ3) is 2.82. The molecular weight excluding hydrogens is 244 g/mol. The molecular formula is C14H14N2O3. The van der Waals surface area contributed by atoms with Crippen molar-refractivity contribution in [3.05, 3.63) is 58.0 Å². The third-order valence-corrected chi connectivity index (χ3v) is 2.72. The van der Waals surface area contributed by atoms with Gasteiger partial charge in [-0.25, -0.2) is 0 Å². The molecule has 2 N–H and O–H groups in total. The van der Waals surface area contributed by atoms with Gasteiger partial charge in [-0.3, -0.25) is 9.59 Å². The predicted molar refractivity (Wildman–Crippen MR) is 72.7 cm³/mol. The summed E-state index contributed by atoms with van der Waals surface area (Å²) in [6, 6.07) is 8.36. The number of carbonyl (C=O) groups is 1. The van der Waals surface area contributed by atoms with E-state index in [2.05, 4.69) is 10.3 Å². The molecule has 5 heteroatoms. The zero-order chi connectivity index (χ0) is 13.8. The van der Waals surface area contributed by atoms with Gasteiger partial charge in [-0.05, 0) is 42.8 Å². The zero-order valence-electron chi connectivity index (χ0n) is 10.7. The first kappa shape index (κ1) is 12.9. The Hall–Kier alpha value is -2.56. The van der Waals surface area contributed by atoms with Crippen LogP contribution in [-0.4, -0.2) is 18.0 Å². The Morgan fingerprint density at radius 2 is 2.11 bits per heavy atom. The van der Waals surface area contributed by atoms with Gasteiger partial charge in [-0.1, -0.05) is 0 Å². The summed E-state index contributed by atoms with van der Waals surface area (Å²) in [6.07, 6.45) is 1.48. The highest BCUT2D eigenvalue weighted by molar-refractivity contribution is 6.04. The van der Waals surface area contributed by atoms with E-state index in [9.17, 15) is 9.59 Å². The molecule has 0 aliphatic rings. The first-order valence-electron chi connectivity index (χ1n) is 5.75. The molecule has 1 heterocycles. The van der Waals surface area contributed by atoms with Crippen molar-refractivity contribution in [2.45, 2.75) is 6.92 Å². The van der Waals surface area contributed by atoms with Crippen LogP contribution >= 0.6 is 0 Å². The van der Waals surface area contributed by atoms with Gasteiger partial charge in [0.05, 0.1) is 7.11 Å².